The minimum Gasteiger partial charge on any atom is -0.481 e. The number of nitrogens with one attached hydrogen (secondary N) is 2. The highest BCUT2D eigenvalue weighted by atomic mass is 16.4. The monoisotopic (exact) mass is 278 g/mol. The number of aliphatic carboxylic acids is 1. The average Bonchev–Trinajstić information content (AvgIpc) is 2.50. The number of carboxylic acids is 1. The van der Waals surface area contributed by atoms with Crippen molar-refractivity contribution in [2.75, 3.05) is 26.2 Å². The fraction of sp³-hybridized carbons (Fsp3) is 0.562. The van der Waals surface area contributed by atoms with Crippen LogP contribution in [0.2, 0.25) is 0 Å². The maximum absolute atomic E-state index is 11.1. The Morgan fingerprint density at radius 2 is 1.65 bits per heavy atom. The van der Waals surface area contributed by atoms with Gasteiger partial charge in [-0.2, -0.15) is 0 Å². The quantitative estimate of drug-likeness (QED) is 0.789. The van der Waals surface area contributed by atoms with Gasteiger partial charge in [0.05, 0.1) is 5.92 Å². The molecule has 0 spiro atoms. The molecule has 1 fully saturated rings. The van der Waals surface area contributed by atoms with E-state index in [1.54, 1.807) is 0 Å². The summed E-state index contributed by atoms with van der Waals surface area (Å²) < 4.78 is 0. The highest BCUT2D eigenvalue weighted by Gasteiger charge is 2.24. The van der Waals surface area contributed by atoms with Gasteiger partial charge in [-0.25, -0.2) is 0 Å². The van der Waals surface area contributed by atoms with Gasteiger partial charge in [-0.05, 0) is 11.5 Å². The molecule has 4 heteroatoms. The Labute approximate surface area is 121 Å². The van der Waals surface area contributed by atoms with Gasteiger partial charge >= 0.3 is 5.97 Å². The number of carboxylic acid groups (broad SMARTS) is 1. The summed E-state index contributed by atoms with van der Waals surface area (Å²) in [6, 6.07) is 9.43. The van der Waals surface area contributed by atoms with Crippen molar-refractivity contribution < 1.29 is 9.90 Å². The van der Waals surface area contributed by atoms with E-state index >= 15 is 0 Å². The molecule has 0 bridgehead atoms. The molecule has 1 aromatic rings. The van der Waals surface area contributed by atoms with E-state index in [0.717, 1.165) is 38.2 Å². The van der Waals surface area contributed by atoms with Gasteiger partial charge < -0.3 is 15.7 Å². The summed E-state index contributed by atoms with van der Waals surface area (Å²) in [4.78, 5) is 11.1. The van der Waals surface area contributed by atoms with Gasteiger partial charge in [-0.3, -0.25) is 4.79 Å². The van der Waals surface area contributed by atoms with Crippen molar-refractivity contribution >= 4 is 5.97 Å². The van der Waals surface area contributed by atoms with Crippen LogP contribution in [0.5, 0.6) is 0 Å². The number of rotatable bonds is 4. The lowest BCUT2D eigenvalue weighted by Crippen LogP contribution is -2.39. The lowest BCUT2D eigenvalue weighted by Gasteiger charge is -2.18. The minimum absolute atomic E-state index is 0.176. The first-order valence-corrected chi connectivity index (χ1v) is 7.36. The van der Waals surface area contributed by atoms with Crippen molar-refractivity contribution in [3.8, 4) is 0 Å². The third kappa shape index (κ3) is 5.72. The van der Waals surface area contributed by atoms with Crippen LogP contribution in [0, 0.1) is 5.92 Å². The molecule has 2 atom stereocenters. The van der Waals surface area contributed by atoms with Crippen LogP contribution in [-0.2, 0) is 4.79 Å². The Morgan fingerprint density at radius 1 is 1.15 bits per heavy atom. The third-order valence-corrected chi connectivity index (χ3v) is 3.59. The zero-order chi connectivity index (χ0) is 14.8. The van der Waals surface area contributed by atoms with E-state index in [1.807, 2.05) is 44.2 Å². The molecule has 112 valence electrons. The first-order chi connectivity index (χ1) is 9.66. The predicted molar refractivity (Wildman–Crippen MR) is 82.0 cm³/mol. The van der Waals surface area contributed by atoms with Gasteiger partial charge in [-0.15, -0.1) is 0 Å². The molecule has 1 aliphatic rings. The molecular weight excluding hydrogens is 252 g/mol. The summed E-state index contributed by atoms with van der Waals surface area (Å²) in [6.07, 6.45) is 0.881. The van der Waals surface area contributed by atoms with E-state index in [1.165, 1.54) is 0 Å². The van der Waals surface area contributed by atoms with Gasteiger partial charge in [0, 0.05) is 26.2 Å². The maximum atomic E-state index is 11.1. The van der Waals surface area contributed by atoms with Crippen molar-refractivity contribution in [3.63, 3.8) is 0 Å². The fourth-order valence-corrected chi connectivity index (χ4v) is 2.21. The number of hydrogen-bond donors (Lipinski definition) is 3. The summed E-state index contributed by atoms with van der Waals surface area (Å²) in [6.45, 7) is 8.55. The zero-order valence-electron chi connectivity index (χ0n) is 12.4. The predicted octanol–water partition coefficient (Wildman–Crippen LogP) is 2.08. The van der Waals surface area contributed by atoms with E-state index < -0.39 is 5.97 Å². The van der Waals surface area contributed by atoms with E-state index in [-0.39, 0.29) is 11.8 Å². The Morgan fingerprint density at radius 3 is 2.00 bits per heavy atom. The van der Waals surface area contributed by atoms with Crippen LogP contribution in [0.1, 0.15) is 31.7 Å². The van der Waals surface area contributed by atoms with Gasteiger partial charge in [0.1, 0.15) is 0 Å². The molecule has 1 saturated heterocycles. The minimum atomic E-state index is -0.731. The molecule has 2 rings (SSSR count). The van der Waals surface area contributed by atoms with Crippen molar-refractivity contribution in [2.24, 2.45) is 5.92 Å². The van der Waals surface area contributed by atoms with Crippen LogP contribution >= 0.6 is 0 Å². The number of piperazine rings is 1. The normalized spacial score (nSPS) is 17.5. The lowest BCUT2D eigenvalue weighted by atomic mass is 9.86. The first kappa shape index (κ1) is 16.7. The molecule has 0 radical (unpaired) electrons. The van der Waals surface area contributed by atoms with Crippen molar-refractivity contribution in [1.29, 1.82) is 0 Å². The van der Waals surface area contributed by atoms with E-state index in [4.69, 9.17) is 5.11 Å². The SMILES string of the molecule is C1CNCCN1.CCC(C)C(C(=O)O)c1ccccc1. The summed E-state index contributed by atoms with van der Waals surface area (Å²) in [5.41, 5.74) is 0.898. The molecule has 2 unspecified atom stereocenters. The Bertz CT molecular complexity index is 366. The van der Waals surface area contributed by atoms with Gasteiger partial charge in [0.2, 0.25) is 0 Å². The van der Waals surface area contributed by atoms with Crippen molar-refractivity contribution in [2.45, 2.75) is 26.2 Å². The van der Waals surface area contributed by atoms with Crippen LogP contribution in [0.4, 0.5) is 0 Å². The summed E-state index contributed by atoms with van der Waals surface area (Å²) >= 11 is 0. The topological polar surface area (TPSA) is 61.4 Å². The molecule has 3 N–H and O–H groups in total. The lowest BCUT2D eigenvalue weighted by molar-refractivity contribution is -0.140. The fourth-order valence-electron chi connectivity index (χ4n) is 2.21. The van der Waals surface area contributed by atoms with Crippen LogP contribution in [0.15, 0.2) is 30.3 Å². The number of carbonyl (C=O) groups is 1. The zero-order valence-corrected chi connectivity index (χ0v) is 12.4. The largest absolute Gasteiger partial charge is 0.481 e. The highest BCUT2D eigenvalue weighted by molar-refractivity contribution is 5.76. The Kier molecular flexibility index (Phi) is 7.92. The molecule has 0 amide bonds. The van der Waals surface area contributed by atoms with Gasteiger partial charge in [0.15, 0.2) is 0 Å². The molecule has 20 heavy (non-hydrogen) atoms. The van der Waals surface area contributed by atoms with Crippen LogP contribution in [0.25, 0.3) is 0 Å². The second-order valence-corrected chi connectivity index (χ2v) is 5.11. The molecule has 0 saturated carbocycles. The Hall–Kier alpha value is -1.39. The van der Waals surface area contributed by atoms with Crippen molar-refractivity contribution in [1.82, 2.24) is 10.6 Å². The average molecular weight is 278 g/mol. The van der Waals surface area contributed by atoms with Gasteiger partial charge in [-0.1, -0.05) is 50.6 Å². The van der Waals surface area contributed by atoms with Crippen LogP contribution in [0.3, 0.4) is 0 Å². The third-order valence-electron chi connectivity index (χ3n) is 3.59. The molecule has 0 aliphatic carbocycles. The van der Waals surface area contributed by atoms with Crippen molar-refractivity contribution in [3.05, 3.63) is 35.9 Å². The van der Waals surface area contributed by atoms with Crippen LogP contribution in [-0.4, -0.2) is 37.3 Å². The van der Waals surface area contributed by atoms with E-state index in [9.17, 15) is 4.79 Å². The first-order valence-electron chi connectivity index (χ1n) is 7.36. The number of hydrogen-bond acceptors (Lipinski definition) is 3. The molecule has 1 aromatic carbocycles. The van der Waals surface area contributed by atoms with Crippen LogP contribution < -0.4 is 10.6 Å². The molecule has 4 nitrogen and oxygen atoms in total. The molecule has 1 aliphatic heterocycles. The summed E-state index contributed by atoms with van der Waals surface area (Å²) in [5.74, 6) is -0.929. The Balaban J connectivity index is 0.000000276. The summed E-state index contributed by atoms with van der Waals surface area (Å²) in [5, 5.41) is 15.6. The summed E-state index contributed by atoms with van der Waals surface area (Å²) in [7, 11) is 0. The maximum Gasteiger partial charge on any atom is 0.311 e. The molecule has 1 heterocycles. The second-order valence-electron chi connectivity index (χ2n) is 5.11. The van der Waals surface area contributed by atoms with E-state index in [0.29, 0.717) is 0 Å². The molecular formula is C16H26N2O2. The van der Waals surface area contributed by atoms with E-state index in [2.05, 4.69) is 10.6 Å². The second kappa shape index (κ2) is 9.50. The standard InChI is InChI=1S/C12H16O2.C4H10N2/c1-3-9(2)11(12(13)14)10-7-5-4-6-8-10;1-2-6-4-3-5-1/h4-9,11H,3H2,1-2H3,(H,13,14);5-6H,1-4H2. The smallest absolute Gasteiger partial charge is 0.311 e. The van der Waals surface area contributed by atoms with Gasteiger partial charge in [0.25, 0.3) is 0 Å². The highest BCUT2D eigenvalue weighted by Crippen LogP contribution is 2.26. The number of benzene rings is 1. The molecule has 0 aromatic heterocycles.